The number of carbonyl (C=O) groups excluding carboxylic acids is 5. The average Bonchev–Trinajstić information content (AvgIpc) is 2.63. The molecule has 0 atom stereocenters. The Labute approximate surface area is 167 Å². The van der Waals surface area contributed by atoms with Gasteiger partial charge in [-0.3, -0.25) is 24.0 Å². The summed E-state index contributed by atoms with van der Waals surface area (Å²) < 4.78 is 5.13. The number of fused-ring (bicyclic) bond motifs is 2. The SMILES string of the molecule is CC(=O)Cc1cc(C(=O)C(C)C)cc2c1C(=O)c1c(OC(C)=O)cccc1C2=O. The van der Waals surface area contributed by atoms with Crippen LogP contribution in [0.5, 0.6) is 5.75 Å². The number of hydrogen-bond acceptors (Lipinski definition) is 6. The summed E-state index contributed by atoms with van der Waals surface area (Å²) >= 11 is 0. The number of benzene rings is 2. The first-order valence-corrected chi connectivity index (χ1v) is 9.23. The van der Waals surface area contributed by atoms with Gasteiger partial charge >= 0.3 is 5.97 Å². The molecule has 29 heavy (non-hydrogen) atoms. The number of rotatable bonds is 5. The zero-order chi connectivity index (χ0) is 21.5. The molecule has 0 radical (unpaired) electrons. The van der Waals surface area contributed by atoms with Crippen LogP contribution in [0, 0.1) is 5.92 Å². The monoisotopic (exact) mass is 392 g/mol. The average molecular weight is 392 g/mol. The van der Waals surface area contributed by atoms with E-state index in [-0.39, 0.29) is 57.5 Å². The van der Waals surface area contributed by atoms with Crippen molar-refractivity contribution in [3.05, 3.63) is 63.7 Å². The minimum absolute atomic E-state index is 0.00453. The van der Waals surface area contributed by atoms with Crippen molar-refractivity contribution in [1.82, 2.24) is 0 Å². The molecule has 0 fully saturated rings. The maximum atomic E-state index is 13.3. The minimum Gasteiger partial charge on any atom is -0.426 e. The minimum atomic E-state index is -0.619. The molecule has 0 amide bonds. The third kappa shape index (κ3) is 3.66. The van der Waals surface area contributed by atoms with E-state index in [1.165, 1.54) is 44.2 Å². The largest absolute Gasteiger partial charge is 0.426 e. The topological polar surface area (TPSA) is 94.6 Å². The first-order chi connectivity index (χ1) is 13.6. The predicted octanol–water partition coefficient (Wildman–Crippen LogP) is 3.36. The van der Waals surface area contributed by atoms with Crippen LogP contribution in [-0.4, -0.2) is 29.1 Å². The molecule has 0 spiro atoms. The van der Waals surface area contributed by atoms with Gasteiger partial charge in [-0.2, -0.15) is 0 Å². The fraction of sp³-hybridized carbons (Fsp3) is 0.261. The van der Waals surface area contributed by atoms with Crippen molar-refractivity contribution in [2.75, 3.05) is 0 Å². The Balaban J connectivity index is 2.29. The summed E-state index contributed by atoms with van der Waals surface area (Å²) in [6.07, 6.45) is -0.0916. The highest BCUT2D eigenvalue weighted by molar-refractivity contribution is 6.30. The van der Waals surface area contributed by atoms with Gasteiger partial charge in [0.2, 0.25) is 0 Å². The van der Waals surface area contributed by atoms with E-state index in [1.807, 2.05) is 0 Å². The molecular weight excluding hydrogens is 372 g/mol. The Morgan fingerprint density at radius 2 is 1.62 bits per heavy atom. The van der Waals surface area contributed by atoms with Gasteiger partial charge < -0.3 is 4.74 Å². The lowest BCUT2D eigenvalue weighted by Crippen LogP contribution is -2.25. The van der Waals surface area contributed by atoms with Crippen molar-refractivity contribution in [3.63, 3.8) is 0 Å². The van der Waals surface area contributed by atoms with Gasteiger partial charge in [0.05, 0.1) is 5.56 Å². The lowest BCUT2D eigenvalue weighted by molar-refractivity contribution is -0.131. The number of ether oxygens (including phenoxy) is 1. The second kappa shape index (κ2) is 7.54. The summed E-state index contributed by atoms with van der Waals surface area (Å²) in [5, 5.41) is 0. The third-order valence-electron chi connectivity index (χ3n) is 4.69. The fourth-order valence-electron chi connectivity index (χ4n) is 3.50. The summed E-state index contributed by atoms with van der Waals surface area (Å²) in [4.78, 5) is 62.3. The van der Waals surface area contributed by atoms with E-state index < -0.39 is 17.5 Å². The molecular formula is C23H20O6. The number of ketones is 4. The molecule has 6 nitrogen and oxygen atoms in total. The van der Waals surface area contributed by atoms with Crippen molar-refractivity contribution in [2.45, 2.75) is 34.1 Å². The van der Waals surface area contributed by atoms with Gasteiger partial charge in [-0.25, -0.2) is 0 Å². The maximum absolute atomic E-state index is 13.3. The highest BCUT2D eigenvalue weighted by Crippen LogP contribution is 2.36. The molecule has 0 heterocycles. The van der Waals surface area contributed by atoms with Crippen LogP contribution < -0.4 is 4.74 Å². The van der Waals surface area contributed by atoms with E-state index >= 15 is 0 Å². The van der Waals surface area contributed by atoms with Crippen LogP contribution in [0.25, 0.3) is 0 Å². The molecule has 3 rings (SSSR count). The van der Waals surface area contributed by atoms with Crippen molar-refractivity contribution in [3.8, 4) is 5.75 Å². The molecule has 0 saturated carbocycles. The quantitative estimate of drug-likeness (QED) is 0.375. The van der Waals surface area contributed by atoms with Gasteiger partial charge in [-0.1, -0.05) is 26.0 Å². The van der Waals surface area contributed by atoms with E-state index in [0.29, 0.717) is 5.56 Å². The number of hydrogen-bond donors (Lipinski definition) is 0. The van der Waals surface area contributed by atoms with Crippen LogP contribution in [0.4, 0.5) is 0 Å². The van der Waals surface area contributed by atoms with Crippen molar-refractivity contribution in [2.24, 2.45) is 5.92 Å². The Hall–Kier alpha value is -3.41. The molecule has 0 unspecified atom stereocenters. The van der Waals surface area contributed by atoms with Gasteiger partial charge in [0, 0.05) is 41.5 Å². The highest BCUT2D eigenvalue weighted by atomic mass is 16.5. The smallest absolute Gasteiger partial charge is 0.308 e. The standard InChI is InChI=1S/C23H20O6/c1-11(2)21(26)15-9-14(8-12(3)24)19-17(10-15)22(27)16-6-5-7-18(29-13(4)25)20(16)23(19)28/h5-7,9-11H,8H2,1-4H3. The lowest BCUT2D eigenvalue weighted by Gasteiger charge is -2.23. The second-order valence-electron chi connectivity index (χ2n) is 7.39. The van der Waals surface area contributed by atoms with Crippen molar-refractivity contribution < 1.29 is 28.7 Å². The van der Waals surface area contributed by atoms with Crippen LogP contribution in [0.15, 0.2) is 30.3 Å². The molecule has 148 valence electrons. The Morgan fingerprint density at radius 1 is 0.931 bits per heavy atom. The second-order valence-corrected chi connectivity index (χ2v) is 7.39. The molecule has 0 bridgehead atoms. The number of esters is 1. The molecule has 6 heteroatoms. The summed E-state index contributed by atoms with van der Waals surface area (Å²) in [5.74, 6) is -2.28. The third-order valence-corrected chi connectivity index (χ3v) is 4.69. The van der Waals surface area contributed by atoms with Crippen LogP contribution in [0.2, 0.25) is 0 Å². The van der Waals surface area contributed by atoms with Crippen molar-refractivity contribution in [1.29, 1.82) is 0 Å². The predicted molar refractivity (Wildman–Crippen MR) is 105 cm³/mol. The van der Waals surface area contributed by atoms with Crippen LogP contribution >= 0.6 is 0 Å². The van der Waals surface area contributed by atoms with Gasteiger partial charge in [0.25, 0.3) is 0 Å². The molecule has 0 saturated heterocycles. The molecule has 0 N–H and O–H groups in total. The molecule has 0 aromatic heterocycles. The van der Waals surface area contributed by atoms with Crippen LogP contribution in [0.1, 0.15) is 75.5 Å². The van der Waals surface area contributed by atoms with Gasteiger partial charge in [-0.05, 0) is 30.7 Å². The molecule has 2 aromatic carbocycles. The van der Waals surface area contributed by atoms with Gasteiger partial charge in [-0.15, -0.1) is 0 Å². The van der Waals surface area contributed by atoms with Gasteiger partial charge in [0.15, 0.2) is 17.3 Å². The van der Waals surface area contributed by atoms with Crippen molar-refractivity contribution >= 4 is 29.1 Å². The summed E-state index contributed by atoms with van der Waals surface area (Å²) in [6.45, 7) is 6.05. The maximum Gasteiger partial charge on any atom is 0.308 e. The van der Waals surface area contributed by atoms with E-state index in [0.717, 1.165) is 0 Å². The van der Waals surface area contributed by atoms with E-state index in [4.69, 9.17) is 4.74 Å². The number of carbonyl (C=O) groups is 5. The Bertz CT molecular complexity index is 1090. The molecule has 2 aromatic rings. The molecule has 0 aliphatic heterocycles. The molecule has 1 aliphatic rings. The fourth-order valence-corrected chi connectivity index (χ4v) is 3.50. The Morgan fingerprint density at radius 3 is 2.21 bits per heavy atom. The number of Topliss-reactive ketones (excluding diaryl/α,β-unsaturated/α-hetero) is 2. The Kier molecular flexibility index (Phi) is 5.29. The first-order valence-electron chi connectivity index (χ1n) is 9.23. The summed E-state index contributed by atoms with van der Waals surface area (Å²) in [6, 6.07) is 7.37. The van der Waals surface area contributed by atoms with E-state index in [1.54, 1.807) is 13.8 Å². The van der Waals surface area contributed by atoms with Gasteiger partial charge in [0.1, 0.15) is 11.5 Å². The zero-order valence-corrected chi connectivity index (χ0v) is 16.6. The van der Waals surface area contributed by atoms with E-state index in [9.17, 15) is 24.0 Å². The summed E-state index contributed by atoms with van der Waals surface area (Å²) in [7, 11) is 0. The summed E-state index contributed by atoms with van der Waals surface area (Å²) in [5.41, 5.74) is 0.872. The zero-order valence-electron chi connectivity index (χ0n) is 16.6. The normalized spacial score (nSPS) is 12.4. The lowest BCUT2D eigenvalue weighted by atomic mass is 9.79. The van der Waals surface area contributed by atoms with E-state index in [2.05, 4.69) is 0 Å². The van der Waals surface area contributed by atoms with Crippen LogP contribution in [-0.2, 0) is 16.0 Å². The highest BCUT2D eigenvalue weighted by Gasteiger charge is 2.35. The first kappa shape index (κ1) is 20.3. The molecule has 1 aliphatic carbocycles. The van der Waals surface area contributed by atoms with Crippen LogP contribution in [0.3, 0.4) is 0 Å².